The highest BCUT2D eigenvalue weighted by Gasteiger charge is 2.16. The Hall–Kier alpha value is -2.44. The van der Waals surface area contributed by atoms with Gasteiger partial charge in [-0.1, -0.05) is 12.2 Å². The molecule has 0 heterocycles. The van der Waals surface area contributed by atoms with Crippen molar-refractivity contribution in [3.05, 3.63) is 36.4 Å². The van der Waals surface area contributed by atoms with Gasteiger partial charge in [-0.3, -0.25) is 9.59 Å². The van der Waals surface area contributed by atoms with E-state index in [0.717, 1.165) is 12.8 Å². The number of esters is 1. The van der Waals surface area contributed by atoms with E-state index in [2.05, 4.69) is 10.1 Å². The fourth-order valence-corrected chi connectivity index (χ4v) is 2.20. The number of carbonyl (C=O) groups excluding carboxylic acids is 2. The maximum absolute atomic E-state index is 12.0. The van der Waals surface area contributed by atoms with Gasteiger partial charge in [-0.05, 0) is 43.0 Å². The van der Waals surface area contributed by atoms with Crippen molar-refractivity contribution in [1.29, 1.82) is 0 Å². The Kier molecular flexibility index (Phi) is 6.08. The molecule has 1 aromatic carbocycles. The lowest BCUT2D eigenvalue weighted by molar-refractivity contribution is -0.147. The number of rotatable bonds is 7. The van der Waals surface area contributed by atoms with E-state index in [4.69, 9.17) is 4.74 Å². The van der Waals surface area contributed by atoms with Gasteiger partial charge in [-0.25, -0.2) is 0 Å². The average Bonchev–Trinajstić information content (AvgIpc) is 2.99. The van der Waals surface area contributed by atoms with E-state index < -0.39 is 18.5 Å². The van der Waals surface area contributed by atoms with Crippen molar-refractivity contribution in [1.82, 2.24) is 0 Å². The second kappa shape index (κ2) is 8.26. The number of hydrogen-bond donors (Lipinski definition) is 1. The molecule has 1 aliphatic carbocycles. The average molecular weight is 325 g/mol. The lowest BCUT2D eigenvalue weighted by atomic mass is 10.1. The Labute approximate surface area is 132 Å². The van der Waals surface area contributed by atoms with Crippen molar-refractivity contribution in [2.75, 3.05) is 11.9 Å². The number of halogens is 2. The minimum absolute atomic E-state index is 0.00551. The van der Waals surface area contributed by atoms with Gasteiger partial charge in [0.05, 0.1) is 6.42 Å². The van der Waals surface area contributed by atoms with Gasteiger partial charge in [0.2, 0.25) is 0 Å². The van der Waals surface area contributed by atoms with Gasteiger partial charge in [-0.2, -0.15) is 8.78 Å². The Bertz CT molecular complexity index is 572. The lowest BCUT2D eigenvalue weighted by Crippen LogP contribution is -2.21. The Morgan fingerprint density at radius 3 is 2.61 bits per heavy atom. The van der Waals surface area contributed by atoms with Crippen molar-refractivity contribution < 1.29 is 27.8 Å². The van der Waals surface area contributed by atoms with Crippen molar-refractivity contribution in [2.45, 2.75) is 25.9 Å². The molecule has 0 aliphatic heterocycles. The normalized spacial score (nSPS) is 16.4. The summed E-state index contributed by atoms with van der Waals surface area (Å²) in [6.07, 6.45) is 6.15. The molecule has 0 saturated heterocycles. The van der Waals surface area contributed by atoms with Crippen LogP contribution in [0.3, 0.4) is 0 Å². The highest BCUT2D eigenvalue weighted by atomic mass is 19.3. The van der Waals surface area contributed by atoms with E-state index >= 15 is 0 Å². The summed E-state index contributed by atoms with van der Waals surface area (Å²) in [6, 6.07) is 5.45. The predicted octanol–water partition coefficient (Wildman–Crippen LogP) is 3.13. The smallest absolute Gasteiger partial charge is 0.387 e. The summed E-state index contributed by atoms with van der Waals surface area (Å²) in [5.74, 6) is -0.734. The minimum atomic E-state index is -2.90. The highest BCUT2D eigenvalue weighted by molar-refractivity contribution is 5.92. The zero-order valence-electron chi connectivity index (χ0n) is 12.3. The lowest BCUT2D eigenvalue weighted by Gasteiger charge is -2.09. The van der Waals surface area contributed by atoms with Gasteiger partial charge < -0.3 is 14.8 Å². The maximum atomic E-state index is 12.0. The van der Waals surface area contributed by atoms with Crippen LogP contribution in [0, 0.1) is 5.92 Å². The first-order chi connectivity index (χ1) is 11.0. The fraction of sp³-hybridized carbons (Fsp3) is 0.375. The summed E-state index contributed by atoms with van der Waals surface area (Å²) in [7, 11) is 0. The van der Waals surface area contributed by atoms with Crippen LogP contribution in [0.4, 0.5) is 14.5 Å². The standard InChI is InChI=1S/C16H17F2NO4/c17-16(18)23-13-7-5-12(6-8-13)19-14(20)10-22-15(21)9-11-3-1-2-4-11/h1,3,5-8,11,16H,2,4,9-10H2,(H,19,20)/t11-/m0/s1. The summed E-state index contributed by atoms with van der Waals surface area (Å²) in [6.45, 7) is -3.28. The zero-order chi connectivity index (χ0) is 16.7. The molecular formula is C16H17F2NO4. The second-order valence-electron chi connectivity index (χ2n) is 5.08. The van der Waals surface area contributed by atoms with E-state index in [1.165, 1.54) is 24.3 Å². The van der Waals surface area contributed by atoms with E-state index in [1.54, 1.807) is 0 Å². The SMILES string of the molecule is O=C(COC(=O)C[C@H]1C=CCC1)Nc1ccc(OC(F)F)cc1. The molecule has 124 valence electrons. The van der Waals surface area contributed by atoms with E-state index in [0.29, 0.717) is 5.69 Å². The van der Waals surface area contributed by atoms with Gasteiger partial charge >= 0.3 is 12.6 Å². The monoisotopic (exact) mass is 325 g/mol. The number of anilines is 1. The Morgan fingerprint density at radius 1 is 1.26 bits per heavy atom. The number of amides is 1. The van der Waals surface area contributed by atoms with Crippen molar-refractivity contribution in [3.8, 4) is 5.75 Å². The molecule has 1 amide bonds. The molecule has 23 heavy (non-hydrogen) atoms. The predicted molar refractivity (Wildman–Crippen MR) is 79.1 cm³/mol. The molecule has 1 aliphatic rings. The van der Waals surface area contributed by atoms with E-state index in [-0.39, 0.29) is 24.7 Å². The van der Waals surface area contributed by atoms with Crippen LogP contribution in [0.2, 0.25) is 0 Å². The first kappa shape index (κ1) is 16.9. The minimum Gasteiger partial charge on any atom is -0.456 e. The van der Waals surface area contributed by atoms with Gasteiger partial charge in [-0.15, -0.1) is 0 Å². The van der Waals surface area contributed by atoms with Gasteiger partial charge in [0.1, 0.15) is 5.75 Å². The molecule has 5 nitrogen and oxygen atoms in total. The number of ether oxygens (including phenoxy) is 2. The number of benzene rings is 1. The van der Waals surface area contributed by atoms with Crippen LogP contribution in [-0.4, -0.2) is 25.1 Å². The molecule has 1 aromatic rings. The molecule has 0 aromatic heterocycles. The fourth-order valence-electron chi connectivity index (χ4n) is 2.20. The molecule has 0 fully saturated rings. The summed E-state index contributed by atoms with van der Waals surface area (Å²) in [4.78, 5) is 23.2. The number of alkyl halides is 2. The van der Waals surface area contributed by atoms with E-state index in [9.17, 15) is 18.4 Å². The summed E-state index contributed by atoms with van der Waals surface area (Å²) in [5, 5.41) is 2.50. The number of nitrogens with one attached hydrogen (secondary N) is 1. The summed E-state index contributed by atoms with van der Waals surface area (Å²) < 4.78 is 33.1. The third kappa shape index (κ3) is 6.06. The van der Waals surface area contributed by atoms with Crippen molar-refractivity contribution in [3.63, 3.8) is 0 Å². The van der Waals surface area contributed by atoms with Gasteiger partial charge in [0, 0.05) is 5.69 Å². The van der Waals surface area contributed by atoms with E-state index in [1.807, 2.05) is 12.2 Å². The highest BCUT2D eigenvalue weighted by Crippen LogP contribution is 2.21. The van der Waals surface area contributed by atoms with Crippen LogP contribution < -0.4 is 10.1 Å². The quantitative estimate of drug-likeness (QED) is 0.618. The van der Waals surface area contributed by atoms with Gasteiger partial charge in [0.15, 0.2) is 6.61 Å². The molecule has 0 spiro atoms. The summed E-state index contributed by atoms with van der Waals surface area (Å²) >= 11 is 0. The number of carbonyl (C=O) groups is 2. The number of hydrogen-bond acceptors (Lipinski definition) is 4. The molecule has 0 bridgehead atoms. The van der Waals surface area contributed by atoms with Crippen LogP contribution in [0.25, 0.3) is 0 Å². The molecule has 1 atom stereocenters. The Morgan fingerprint density at radius 2 is 2.00 bits per heavy atom. The maximum Gasteiger partial charge on any atom is 0.387 e. The molecule has 0 unspecified atom stereocenters. The third-order valence-corrected chi connectivity index (χ3v) is 3.27. The Balaban J connectivity index is 1.71. The van der Waals surface area contributed by atoms with Crippen molar-refractivity contribution in [2.24, 2.45) is 5.92 Å². The molecule has 0 saturated carbocycles. The number of allylic oxidation sites excluding steroid dienone is 2. The largest absolute Gasteiger partial charge is 0.456 e. The van der Waals surface area contributed by atoms with Crippen LogP contribution >= 0.6 is 0 Å². The van der Waals surface area contributed by atoms with Crippen LogP contribution in [-0.2, 0) is 14.3 Å². The van der Waals surface area contributed by atoms with Crippen LogP contribution in [0.1, 0.15) is 19.3 Å². The first-order valence-corrected chi connectivity index (χ1v) is 7.20. The molecule has 2 rings (SSSR count). The molecule has 0 radical (unpaired) electrons. The molecule has 1 N–H and O–H groups in total. The second-order valence-corrected chi connectivity index (χ2v) is 5.08. The first-order valence-electron chi connectivity index (χ1n) is 7.20. The molecular weight excluding hydrogens is 308 g/mol. The topological polar surface area (TPSA) is 64.6 Å². The molecule has 7 heteroatoms. The van der Waals surface area contributed by atoms with Crippen molar-refractivity contribution >= 4 is 17.6 Å². The third-order valence-electron chi connectivity index (χ3n) is 3.27. The zero-order valence-corrected chi connectivity index (χ0v) is 12.3. The van der Waals surface area contributed by atoms with Gasteiger partial charge in [0.25, 0.3) is 5.91 Å². The van der Waals surface area contributed by atoms with Crippen LogP contribution in [0.15, 0.2) is 36.4 Å². The summed E-state index contributed by atoms with van der Waals surface area (Å²) in [5.41, 5.74) is 0.395. The van der Waals surface area contributed by atoms with Crippen LogP contribution in [0.5, 0.6) is 5.75 Å².